The minimum atomic E-state index is -0.266. The van der Waals surface area contributed by atoms with Gasteiger partial charge in [0.15, 0.2) is 0 Å². The molecule has 0 spiro atoms. The van der Waals surface area contributed by atoms with Gasteiger partial charge in [-0.3, -0.25) is 10.2 Å². The van der Waals surface area contributed by atoms with Crippen molar-refractivity contribution in [3.05, 3.63) is 0 Å². The van der Waals surface area contributed by atoms with Crippen LogP contribution in [0.4, 0.5) is 0 Å². The summed E-state index contributed by atoms with van der Waals surface area (Å²) in [6.07, 6.45) is 8.03. The first-order chi connectivity index (χ1) is 9.22. The van der Waals surface area contributed by atoms with E-state index in [1.54, 1.807) is 0 Å². The number of nitrogens with one attached hydrogen (secondary N) is 1. The summed E-state index contributed by atoms with van der Waals surface area (Å²) < 4.78 is 5.50. The molecule has 3 aliphatic rings. The van der Waals surface area contributed by atoms with Crippen LogP contribution in [-0.2, 0) is 4.74 Å². The molecule has 0 aromatic rings. The van der Waals surface area contributed by atoms with Crippen molar-refractivity contribution in [1.82, 2.24) is 10.2 Å². The number of ether oxygens (including phenoxy) is 1. The molecule has 106 valence electrons. The van der Waals surface area contributed by atoms with Gasteiger partial charge in [0, 0.05) is 24.7 Å². The Morgan fingerprint density at radius 2 is 2.11 bits per heavy atom. The van der Waals surface area contributed by atoms with Crippen LogP contribution in [0.1, 0.15) is 44.9 Å². The predicted octanol–water partition coefficient (Wildman–Crippen LogP) is 1.66. The summed E-state index contributed by atoms with van der Waals surface area (Å²) in [7, 11) is 2.22. The van der Waals surface area contributed by atoms with Crippen molar-refractivity contribution in [3.8, 4) is 6.07 Å². The molecule has 2 saturated carbocycles. The zero-order valence-corrected chi connectivity index (χ0v) is 11.9. The number of nitrogens with zero attached hydrogens (tertiary/aromatic N) is 2. The Labute approximate surface area is 116 Å². The van der Waals surface area contributed by atoms with Crippen LogP contribution in [-0.4, -0.2) is 48.8 Å². The molecular formula is C15H25N3O. The summed E-state index contributed by atoms with van der Waals surface area (Å²) in [5.74, 6) is 0. The normalized spacial score (nSPS) is 39.4. The predicted molar refractivity (Wildman–Crippen MR) is 73.7 cm³/mol. The van der Waals surface area contributed by atoms with Gasteiger partial charge >= 0.3 is 0 Å². The fourth-order valence-corrected chi connectivity index (χ4v) is 3.62. The highest BCUT2D eigenvalue weighted by Crippen LogP contribution is 2.35. The Hall–Kier alpha value is -0.630. The van der Waals surface area contributed by atoms with Gasteiger partial charge < -0.3 is 4.74 Å². The molecule has 0 bridgehead atoms. The minimum Gasteiger partial charge on any atom is -0.380 e. The number of nitriles is 1. The molecule has 4 nitrogen and oxygen atoms in total. The topological polar surface area (TPSA) is 48.3 Å². The number of hydrogen-bond acceptors (Lipinski definition) is 4. The summed E-state index contributed by atoms with van der Waals surface area (Å²) in [4.78, 5) is 2.48. The highest BCUT2D eigenvalue weighted by atomic mass is 16.5. The Morgan fingerprint density at radius 1 is 1.26 bits per heavy atom. The molecule has 1 heterocycles. The molecule has 1 N–H and O–H groups in total. The minimum absolute atomic E-state index is 0.266. The first-order valence-electron chi connectivity index (χ1n) is 7.71. The van der Waals surface area contributed by atoms with E-state index in [0.717, 1.165) is 38.9 Å². The van der Waals surface area contributed by atoms with Gasteiger partial charge in [0.05, 0.1) is 12.7 Å². The van der Waals surface area contributed by atoms with Gasteiger partial charge in [0.1, 0.15) is 5.54 Å². The maximum atomic E-state index is 9.63. The smallest absolute Gasteiger partial charge is 0.108 e. The fraction of sp³-hybridized carbons (Fsp3) is 0.933. The average molecular weight is 263 g/mol. The Kier molecular flexibility index (Phi) is 3.79. The Balaban J connectivity index is 1.64. The van der Waals surface area contributed by atoms with E-state index in [9.17, 15) is 5.26 Å². The third-order valence-corrected chi connectivity index (χ3v) is 5.05. The Bertz CT molecular complexity index is 357. The van der Waals surface area contributed by atoms with Gasteiger partial charge in [-0.1, -0.05) is 0 Å². The number of hydrogen-bond donors (Lipinski definition) is 1. The first kappa shape index (κ1) is 13.4. The van der Waals surface area contributed by atoms with Gasteiger partial charge in [0.2, 0.25) is 0 Å². The molecule has 0 amide bonds. The monoisotopic (exact) mass is 263 g/mol. The van der Waals surface area contributed by atoms with Crippen LogP contribution >= 0.6 is 0 Å². The zero-order chi connectivity index (χ0) is 13.3. The third kappa shape index (κ3) is 2.94. The van der Waals surface area contributed by atoms with Gasteiger partial charge in [-0.25, -0.2) is 0 Å². The summed E-state index contributed by atoms with van der Waals surface area (Å²) in [5.41, 5.74) is -0.266. The molecule has 4 heteroatoms. The molecular weight excluding hydrogens is 238 g/mol. The number of rotatable bonds is 4. The molecule has 1 aliphatic heterocycles. The van der Waals surface area contributed by atoms with Gasteiger partial charge in [-0.2, -0.15) is 5.26 Å². The molecule has 3 rings (SSSR count). The van der Waals surface area contributed by atoms with E-state index >= 15 is 0 Å². The zero-order valence-electron chi connectivity index (χ0n) is 11.9. The molecule has 0 radical (unpaired) electrons. The van der Waals surface area contributed by atoms with Crippen LogP contribution in [0.2, 0.25) is 0 Å². The van der Waals surface area contributed by atoms with E-state index in [4.69, 9.17) is 4.74 Å². The molecule has 3 unspecified atom stereocenters. The van der Waals surface area contributed by atoms with E-state index in [-0.39, 0.29) is 5.54 Å². The lowest BCUT2D eigenvalue weighted by Crippen LogP contribution is -2.54. The SMILES string of the molecule is CN(C1CCOC1)C1CCCC(C#N)(NC2CC2)C1. The molecule has 3 atom stereocenters. The second-order valence-electron chi connectivity index (χ2n) is 6.55. The highest BCUT2D eigenvalue weighted by Gasteiger charge is 2.42. The first-order valence-corrected chi connectivity index (χ1v) is 7.71. The molecule has 2 aliphatic carbocycles. The molecule has 0 aromatic heterocycles. The van der Waals surface area contributed by atoms with Crippen molar-refractivity contribution in [2.75, 3.05) is 20.3 Å². The summed E-state index contributed by atoms with van der Waals surface area (Å²) >= 11 is 0. The van der Waals surface area contributed by atoms with Crippen LogP contribution in [0.3, 0.4) is 0 Å². The summed E-state index contributed by atoms with van der Waals surface area (Å²) in [5, 5.41) is 13.2. The second kappa shape index (κ2) is 5.40. The molecule has 3 fully saturated rings. The molecule has 19 heavy (non-hydrogen) atoms. The van der Waals surface area contributed by atoms with Crippen LogP contribution in [0.5, 0.6) is 0 Å². The van der Waals surface area contributed by atoms with Crippen molar-refractivity contribution in [2.24, 2.45) is 0 Å². The average Bonchev–Trinajstić information content (AvgIpc) is 3.08. The van der Waals surface area contributed by atoms with E-state index in [1.165, 1.54) is 19.3 Å². The van der Waals surface area contributed by atoms with Crippen LogP contribution in [0, 0.1) is 11.3 Å². The Morgan fingerprint density at radius 3 is 2.74 bits per heavy atom. The molecule has 1 saturated heterocycles. The summed E-state index contributed by atoms with van der Waals surface area (Å²) in [6, 6.07) is 4.29. The van der Waals surface area contributed by atoms with Crippen molar-refractivity contribution in [1.29, 1.82) is 5.26 Å². The van der Waals surface area contributed by atoms with Crippen molar-refractivity contribution < 1.29 is 4.74 Å². The lowest BCUT2D eigenvalue weighted by atomic mass is 9.79. The third-order valence-electron chi connectivity index (χ3n) is 5.05. The van der Waals surface area contributed by atoms with E-state index < -0.39 is 0 Å². The fourth-order valence-electron chi connectivity index (χ4n) is 3.62. The largest absolute Gasteiger partial charge is 0.380 e. The van der Waals surface area contributed by atoms with E-state index in [2.05, 4.69) is 23.3 Å². The second-order valence-corrected chi connectivity index (χ2v) is 6.55. The number of likely N-dealkylation sites (N-methyl/N-ethyl adjacent to an activating group) is 1. The molecule has 0 aromatic carbocycles. The van der Waals surface area contributed by atoms with Gasteiger partial charge in [-0.15, -0.1) is 0 Å². The highest BCUT2D eigenvalue weighted by molar-refractivity contribution is 5.13. The standard InChI is InChI=1S/C15H25N3O/c1-18(14-6-8-19-10-14)13-3-2-7-15(9-13,11-16)17-12-4-5-12/h12-14,17H,2-10H2,1H3. The van der Waals surface area contributed by atoms with Crippen molar-refractivity contribution in [3.63, 3.8) is 0 Å². The quantitative estimate of drug-likeness (QED) is 0.838. The van der Waals surface area contributed by atoms with Gasteiger partial charge in [-0.05, 0) is 52.0 Å². The van der Waals surface area contributed by atoms with Crippen molar-refractivity contribution >= 4 is 0 Å². The summed E-state index contributed by atoms with van der Waals surface area (Å²) in [6.45, 7) is 1.76. The van der Waals surface area contributed by atoms with E-state index in [0.29, 0.717) is 18.1 Å². The van der Waals surface area contributed by atoms with Crippen LogP contribution < -0.4 is 5.32 Å². The van der Waals surface area contributed by atoms with Crippen LogP contribution in [0.25, 0.3) is 0 Å². The van der Waals surface area contributed by atoms with Crippen LogP contribution in [0.15, 0.2) is 0 Å². The van der Waals surface area contributed by atoms with Crippen molar-refractivity contribution in [2.45, 2.75) is 68.6 Å². The maximum absolute atomic E-state index is 9.63. The lowest BCUT2D eigenvalue weighted by Gasteiger charge is -2.42. The van der Waals surface area contributed by atoms with E-state index in [1.807, 2.05) is 0 Å². The maximum Gasteiger partial charge on any atom is 0.108 e. The van der Waals surface area contributed by atoms with Gasteiger partial charge in [0.25, 0.3) is 0 Å². The lowest BCUT2D eigenvalue weighted by molar-refractivity contribution is 0.0913.